The van der Waals surface area contributed by atoms with Crippen LogP contribution in [0.5, 0.6) is 0 Å². The van der Waals surface area contributed by atoms with Crippen molar-refractivity contribution in [3.8, 4) is 0 Å². The van der Waals surface area contributed by atoms with E-state index in [4.69, 9.17) is 0 Å². The van der Waals surface area contributed by atoms with Gasteiger partial charge in [0.15, 0.2) is 0 Å². The van der Waals surface area contributed by atoms with Crippen molar-refractivity contribution in [2.75, 3.05) is 5.32 Å². The zero-order valence-corrected chi connectivity index (χ0v) is 13.2. The van der Waals surface area contributed by atoms with E-state index in [1.54, 1.807) is 12.3 Å². The smallest absolute Gasteiger partial charge is 0.228 e. The molecule has 0 aliphatic heterocycles. The van der Waals surface area contributed by atoms with Gasteiger partial charge in [-0.25, -0.2) is 4.39 Å². The van der Waals surface area contributed by atoms with Gasteiger partial charge in [-0.15, -0.1) is 0 Å². The third-order valence-electron chi connectivity index (χ3n) is 4.08. The van der Waals surface area contributed by atoms with Crippen molar-refractivity contribution in [1.82, 2.24) is 4.98 Å². The number of carbonyl (C=O) groups excluding carboxylic acids is 1. The third-order valence-corrected chi connectivity index (χ3v) is 4.08. The maximum Gasteiger partial charge on any atom is 0.228 e. The Balaban J connectivity index is 1.83. The quantitative estimate of drug-likeness (QED) is 0.739. The number of aromatic nitrogens is 1. The SMILES string of the molecule is CCc1cccc(C)c1NC(=O)Cc1c[nH]c2ccc(F)cc12. The highest BCUT2D eigenvalue weighted by molar-refractivity contribution is 5.96. The van der Waals surface area contributed by atoms with Gasteiger partial charge in [-0.05, 0) is 48.2 Å². The van der Waals surface area contributed by atoms with E-state index in [9.17, 15) is 9.18 Å². The molecule has 0 bridgehead atoms. The Kier molecular flexibility index (Phi) is 4.15. The first-order valence-electron chi connectivity index (χ1n) is 7.72. The second-order valence-corrected chi connectivity index (χ2v) is 5.69. The molecule has 2 aromatic carbocycles. The Bertz CT molecular complexity index is 867. The first-order valence-corrected chi connectivity index (χ1v) is 7.72. The van der Waals surface area contributed by atoms with Gasteiger partial charge in [-0.3, -0.25) is 4.79 Å². The third kappa shape index (κ3) is 3.11. The van der Waals surface area contributed by atoms with Gasteiger partial charge in [-0.1, -0.05) is 25.1 Å². The van der Waals surface area contributed by atoms with Crippen LogP contribution in [0, 0.1) is 12.7 Å². The predicted molar refractivity (Wildman–Crippen MR) is 91.1 cm³/mol. The molecule has 0 unspecified atom stereocenters. The van der Waals surface area contributed by atoms with Crippen molar-refractivity contribution >= 4 is 22.5 Å². The fourth-order valence-electron chi connectivity index (χ4n) is 2.86. The lowest BCUT2D eigenvalue weighted by atomic mass is 10.0. The number of para-hydroxylation sites is 1. The number of halogens is 1. The van der Waals surface area contributed by atoms with Crippen molar-refractivity contribution in [3.63, 3.8) is 0 Å². The molecule has 0 saturated carbocycles. The van der Waals surface area contributed by atoms with E-state index in [0.717, 1.165) is 39.7 Å². The van der Waals surface area contributed by atoms with Crippen LogP contribution in [-0.2, 0) is 17.6 Å². The Morgan fingerprint density at radius 2 is 2.04 bits per heavy atom. The number of amides is 1. The van der Waals surface area contributed by atoms with E-state index in [0.29, 0.717) is 0 Å². The topological polar surface area (TPSA) is 44.9 Å². The summed E-state index contributed by atoms with van der Waals surface area (Å²) in [5.74, 6) is -0.398. The number of anilines is 1. The van der Waals surface area contributed by atoms with Gasteiger partial charge in [0, 0.05) is 22.8 Å². The van der Waals surface area contributed by atoms with E-state index in [-0.39, 0.29) is 18.1 Å². The molecule has 3 aromatic rings. The molecule has 0 spiro atoms. The van der Waals surface area contributed by atoms with E-state index >= 15 is 0 Å². The van der Waals surface area contributed by atoms with Crippen LogP contribution in [0.2, 0.25) is 0 Å². The molecule has 0 fully saturated rings. The van der Waals surface area contributed by atoms with Crippen molar-refractivity contribution in [2.45, 2.75) is 26.7 Å². The zero-order chi connectivity index (χ0) is 16.4. The van der Waals surface area contributed by atoms with Crippen molar-refractivity contribution in [3.05, 3.63) is 65.1 Å². The number of hydrogen-bond donors (Lipinski definition) is 2. The van der Waals surface area contributed by atoms with Gasteiger partial charge in [0.25, 0.3) is 0 Å². The summed E-state index contributed by atoms with van der Waals surface area (Å²) < 4.78 is 13.4. The van der Waals surface area contributed by atoms with E-state index in [2.05, 4.69) is 17.2 Å². The highest BCUT2D eigenvalue weighted by Crippen LogP contribution is 2.23. The number of aryl methyl sites for hydroxylation is 2. The number of fused-ring (bicyclic) bond motifs is 1. The lowest BCUT2D eigenvalue weighted by Crippen LogP contribution is -2.16. The average Bonchev–Trinajstić information content (AvgIpc) is 2.91. The monoisotopic (exact) mass is 310 g/mol. The van der Waals surface area contributed by atoms with Crippen LogP contribution < -0.4 is 5.32 Å². The van der Waals surface area contributed by atoms with Gasteiger partial charge in [0.1, 0.15) is 5.82 Å². The largest absolute Gasteiger partial charge is 0.361 e. The minimum Gasteiger partial charge on any atom is -0.361 e. The molecule has 23 heavy (non-hydrogen) atoms. The summed E-state index contributed by atoms with van der Waals surface area (Å²) in [7, 11) is 0. The number of hydrogen-bond acceptors (Lipinski definition) is 1. The molecule has 0 saturated heterocycles. The van der Waals surface area contributed by atoms with Crippen LogP contribution in [0.25, 0.3) is 10.9 Å². The molecule has 118 valence electrons. The molecule has 0 aliphatic rings. The second kappa shape index (κ2) is 6.24. The Morgan fingerprint density at radius 3 is 2.83 bits per heavy atom. The predicted octanol–water partition coefficient (Wildman–Crippen LogP) is 4.36. The molecule has 1 heterocycles. The van der Waals surface area contributed by atoms with Crippen molar-refractivity contribution in [2.24, 2.45) is 0 Å². The number of benzene rings is 2. The molecule has 0 atom stereocenters. The standard InChI is InChI=1S/C19H19FN2O/c1-3-13-6-4-5-12(2)19(13)22-18(23)9-14-11-21-17-8-7-15(20)10-16(14)17/h4-8,10-11,21H,3,9H2,1-2H3,(H,22,23). The number of H-pyrrole nitrogens is 1. The van der Waals surface area contributed by atoms with Crippen LogP contribution >= 0.6 is 0 Å². The molecule has 1 aromatic heterocycles. The maximum atomic E-state index is 13.4. The van der Waals surface area contributed by atoms with Crippen LogP contribution in [0.4, 0.5) is 10.1 Å². The molecule has 0 radical (unpaired) electrons. The molecule has 1 amide bonds. The number of rotatable bonds is 4. The van der Waals surface area contributed by atoms with Gasteiger partial charge in [-0.2, -0.15) is 0 Å². The summed E-state index contributed by atoms with van der Waals surface area (Å²) in [6, 6.07) is 10.5. The molecule has 3 nitrogen and oxygen atoms in total. The Labute approximate surface area is 134 Å². The van der Waals surface area contributed by atoms with Crippen LogP contribution in [0.1, 0.15) is 23.6 Å². The summed E-state index contributed by atoms with van der Waals surface area (Å²) in [5.41, 5.74) is 4.67. The molecule has 4 heteroatoms. The van der Waals surface area contributed by atoms with Crippen molar-refractivity contribution in [1.29, 1.82) is 0 Å². The first kappa shape index (κ1) is 15.3. The number of aromatic amines is 1. The maximum absolute atomic E-state index is 13.4. The summed E-state index contributed by atoms with van der Waals surface area (Å²) in [4.78, 5) is 15.5. The van der Waals surface area contributed by atoms with Gasteiger partial charge in [0.2, 0.25) is 5.91 Å². The normalized spacial score (nSPS) is 10.9. The van der Waals surface area contributed by atoms with Gasteiger partial charge in [0.05, 0.1) is 6.42 Å². The minimum absolute atomic E-state index is 0.0980. The van der Waals surface area contributed by atoms with Gasteiger partial charge < -0.3 is 10.3 Å². The molecule has 3 rings (SSSR count). The highest BCUT2D eigenvalue weighted by atomic mass is 19.1. The fraction of sp³-hybridized carbons (Fsp3) is 0.211. The Hall–Kier alpha value is -2.62. The fourth-order valence-corrected chi connectivity index (χ4v) is 2.86. The zero-order valence-electron chi connectivity index (χ0n) is 13.2. The highest BCUT2D eigenvalue weighted by Gasteiger charge is 2.12. The summed E-state index contributed by atoms with van der Waals surface area (Å²) in [6.45, 7) is 4.04. The van der Waals surface area contributed by atoms with E-state index < -0.39 is 0 Å². The first-order chi connectivity index (χ1) is 11.1. The molecule has 2 N–H and O–H groups in total. The summed E-state index contributed by atoms with van der Waals surface area (Å²) >= 11 is 0. The van der Waals surface area contributed by atoms with Gasteiger partial charge >= 0.3 is 0 Å². The molecular weight excluding hydrogens is 291 g/mol. The molecular formula is C19H19FN2O. The van der Waals surface area contributed by atoms with E-state index in [1.165, 1.54) is 12.1 Å². The lowest BCUT2D eigenvalue weighted by molar-refractivity contribution is -0.115. The molecule has 0 aliphatic carbocycles. The lowest BCUT2D eigenvalue weighted by Gasteiger charge is -2.12. The number of nitrogens with one attached hydrogen (secondary N) is 2. The Morgan fingerprint density at radius 1 is 1.22 bits per heavy atom. The second-order valence-electron chi connectivity index (χ2n) is 5.69. The average molecular weight is 310 g/mol. The minimum atomic E-state index is -0.300. The van der Waals surface area contributed by atoms with Crippen LogP contribution in [-0.4, -0.2) is 10.9 Å². The van der Waals surface area contributed by atoms with Crippen LogP contribution in [0.15, 0.2) is 42.6 Å². The van der Waals surface area contributed by atoms with E-state index in [1.807, 2.05) is 25.1 Å². The summed E-state index contributed by atoms with van der Waals surface area (Å²) in [6.07, 6.45) is 2.83. The number of carbonyl (C=O) groups is 1. The summed E-state index contributed by atoms with van der Waals surface area (Å²) in [5, 5.41) is 3.75. The van der Waals surface area contributed by atoms with Crippen molar-refractivity contribution < 1.29 is 9.18 Å². The van der Waals surface area contributed by atoms with Crippen LogP contribution in [0.3, 0.4) is 0 Å².